The minimum atomic E-state index is -0.748. The SMILES string of the molecule is CCC1CCCC(O)(c2ccc(F)cc2C)CC1. The summed E-state index contributed by atoms with van der Waals surface area (Å²) in [5, 5.41) is 10.9. The van der Waals surface area contributed by atoms with Crippen LogP contribution < -0.4 is 0 Å². The predicted molar refractivity (Wildman–Crippen MR) is 71.9 cm³/mol. The van der Waals surface area contributed by atoms with Gasteiger partial charge in [0, 0.05) is 0 Å². The Labute approximate surface area is 109 Å². The van der Waals surface area contributed by atoms with Gasteiger partial charge in [0.25, 0.3) is 0 Å². The standard InChI is InChI=1S/C16H23FO/c1-3-13-5-4-9-16(18,10-8-13)15-7-6-14(17)11-12(15)2/h6-7,11,13,18H,3-5,8-10H2,1-2H3. The van der Waals surface area contributed by atoms with E-state index in [0.717, 1.165) is 42.7 Å². The van der Waals surface area contributed by atoms with Crippen LogP contribution in [0.3, 0.4) is 0 Å². The number of aryl methyl sites for hydroxylation is 1. The fourth-order valence-corrected chi connectivity index (χ4v) is 3.22. The lowest BCUT2D eigenvalue weighted by Crippen LogP contribution is -2.26. The summed E-state index contributed by atoms with van der Waals surface area (Å²) < 4.78 is 13.2. The lowest BCUT2D eigenvalue weighted by molar-refractivity contribution is 0.0189. The van der Waals surface area contributed by atoms with Crippen LogP contribution >= 0.6 is 0 Å². The van der Waals surface area contributed by atoms with Crippen molar-refractivity contribution in [2.45, 2.75) is 58.0 Å². The summed E-state index contributed by atoms with van der Waals surface area (Å²) in [7, 11) is 0. The molecule has 100 valence electrons. The Morgan fingerprint density at radius 1 is 1.33 bits per heavy atom. The molecule has 2 heteroatoms. The topological polar surface area (TPSA) is 20.2 Å². The van der Waals surface area contributed by atoms with Crippen molar-refractivity contribution in [3.05, 3.63) is 35.1 Å². The highest BCUT2D eigenvalue weighted by Gasteiger charge is 2.33. The van der Waals surface area contributed by atoms with E-state index in [1.807, 2.05) is 6.92 Å². The van der Waals surface area contributed by atoms with E-state index in [-0.39, 0.29) is 5.82 Å². The summed E-state index contributed by atoms with van der Waals surface area (Å²) in [6.45, 7) is 4.11. The van der Waals surface area contributed by atoms with Gasteiger partial charge in [-0.2, -0.15) is 0 Å². The number of aliphatic hydroxyl groups is 1. The maximum absolute atomic E-state index is 13.2. The Balaban J connectivity index is 2.24. The molecule has 0 heterocycles. The Morgan fingerprint density at radius 3 is 2.78 bits per heavy atom. The van der Waals surface area contributed by atoms with Crippen LogP contribution in [0.15, 0.2) is 18.2 Å². The van der Waals surface area contributed by atoms with E-state index < -0.39 is 5.60 Å². The van der Waals surface area contributed by atoms with Gasteiger partial charge in [-0.1, -0.05) is 25.8 Å². The molecule has 2 rings (SSSR count). The Morgan fingerprint density at radius 2 is 2.11 bits per heavy atom. The average molecular weight is 250 g/mol. The third-order valence-electron chi connectivity index (χ3n) is 4.44. The Kier molecular flexibility index (Phi) is 4.06. The molecule has 1 aliphatic rings. The number of hydrogen-bond acceptors (Lipinski definition) is 1. The Bertz CT molecular complexity index is 416. The first-order valence-corrected chi connectivity index (χ1v) is 7.04. The van der Waals surface area contributed by atoms with E-state index in [1.165, 1.54) is 25.0 Å². The number of hydrogen-bond donors (Lipinski definition) is 1. The number of rotatable bonds is 2. The third kappa shape index (κ3) is 2.74. The fraction of sp³-hybridized carbons (Fsp3) is 0.625. The molecule has 0 saturated heterocycles. The summed E-state index contributed by atoms with van der Waals surface area (Å²) >= 11 is 0. The van der Waals surface area contributed by atoms with Gasteiger partial charge in [0.2, 0.25) is 0 Å². The molecule has 18 heavy (non-hydrogen) atoms. The lowest BCUT2D eigenvalue weighted by Gasteiger charge is -2.29. The highest BCUT2D eigenvalue weighted by molar-refractivity contribution is 5.32. The average Bonchev–Trinajstić information content (AvgIpc) is 2.51. The molecular formula is C16H23FO. The van der Waals surface area contributed by atoms with Crippen LogP contribution in [-0.2, 0) is 5.60 Å². The molecule has 0 aromatic heterocycles. The molecular weight excluding hydrogens is 227 g/mol. The fourth-order valence-electron chi connectivity index (χ4n) is 3.22. The van der Waals surface area contributed by atoms with E-state index >= 15 is 0 Å². The van der Waals surface area contributed by atoms with Gasteiger partial charge in [0.15, 0.2) is 0 Å². The van der Waals surface area contributed by atoms with Gasteiger partial charge in [0.05, 0.1) is 5.60 Å². The molecule has 0 bridgehead atoms. The van der Waals surface area contributed by atoms with Gasteiger partial charge >= 0.3 is 0 Å². The van der Waals surface area contributed by atoms with Crippen molar-refractivity contribution in [2.24, 2.45) is 5.92 Å². The molecule has 1 aliphatic carbocycles. The number of halogens is 1. The highest BCUT2D eigenvalue weighted by Crippen LogP contribution is 2.39. The Hall–Kier alpha value is -0.890. The molecule has 0 spiro atoms. The largest absolute Gasteiger partial charge is 0.385 e. The van der Waals surface area contributed by atoms with Gasteiger partial charge in [-0.05, 0) is 61.8 Å². The first-order valence-electron chi connectivity index (χ1n) is 7.04. The molecule has 1 aromatic rings. The smallest absolute Gasteiger partial charge is 0.123 e. The van der Waals surface area contributed by atoms with Crippen LogP contribution in [0.25, 0.3) is 0 Å². The first kappa shape index (κ1) is 13.5. The van der Waals surface area contributed by atoms with Crippen LogP contribution in [0.2, 0.25) is 0 Å². The molecule has 1 nitrogen and oxygen atoms in total. The molecule has 1 fully saturated rings. The first-order chi connectivity index (χ1) is 8.55. The van der Waals surface area contributed by atoms with E-state index in [9.17, 15) is 9.50 Å². The maximum Gasteiger partial charge on any atom is 0.123 e. The molecule has 2 atom stereocenters. The quantitative estimate of drug-likeness (QED) is 0.775. The van der Waals surface area contributed by atoms with E-state index in [1.54, 1.807) is 6.07 Å². The highest BCUT2D eigenvalue weighted by atomic mass is 19.1. The third-order valence-corrected chi connectivity index (χ3v) is 4.44. The van der Waals surface area contributed by atoms with Crippen molar-refractivity contribution in [3.8, 4) is 0 Å². The van der Waals surface area contributed by atoms with Crippen molar-refractivity contribution in [1.29, 1.82) is 0 Å². The summed E-state index contributed by atoms with van der Waals surface area (Å²) in [6.07, 6.45) is 6.14. The van der Waals surface area contributed by atoms with E-state index in [0.29, 0.717) is 0 Å². The van der Waals surface area contributed by atoms with E-state index in [4.69, 9.17) is 0 Å². The zero-order valence-corrected chi connectivity index (χ0v) is 11.4. The normalized spacial score (nSPS) is 29.0. The molecule has 0 aliphatic heterocycles. The second-order valence-corrected chi connectivity index (χ2v) is 5.70. The zero-order valence-electron chi connectivity index (χ0n) is 11.4. The monoisotopic (exact) mass is 250 g/mol. The van der Waals surface area contributed by atoms with Gasteiger partial charge in [0.1, 0.15) is 5.82 Å². The second kappa shape index (κ2) is 5.40. The molecule has 1 saturated carbocycles. The van der Waals surface area contributed by atoms with Crippen molar-refractivity contribution in [1.82, 2.24) is 0 Å². The molecule has 2 unspecified atom stereocenters. The van der Waals surface area contributed by atoms with Gasteiger partial charge < -0.3 is 5.11 Å². The molecule has 1 aromatic carbocycles. The van der Waals surface area contributed by atoms with Crippen LogP contribution in [0.4, 0.5) is 4.39 Å². The van der Waals surface area contributed by atoms with Crippen LogP contribution in [0, 0.1) is 18.7 Å². The van der Waals surface area contributed by atoms with Crippen molar-refractivity contribution in [3.63, 3.8) is 0 Å². The number of benzene rings is 1. The van der Waals surface area contributed by atoms with Crippen LogP contribution in [0.1, 0.15) is 56.6 Å². The van der Waals surface area contributed by atoms with Crippen molar-refractivity contribution < 1.29 is 9.50 Å². The van der Waals surface area contributed by atoms with Gasteiger partial charge in [-0.3, -0.25) is 0 Å². The summed E-state index contributed by atoms with van der Waals surface area (Å²) in [4.78, 5) is 0. The summed E-state index contributed by atoms with van der Waals surface area (Å²) in [5.41, 5.74) is 1.04. The predicted octanol–water partition coefficient (Wildman–Crippen LogP) is 4.31. The van der Waals surface area contributed by atoms with Gasteiger partial charge in [-0.15, -0.1) is 0 Å². The molecule has 0 amide bonds. The van der Waals surface area contributed by atoms with Crippen LogP contribution in [0.5, 0.6) is 0 Å². The maximum atomic E-state index is 13.2. The summed E-state index contributed by atoms with van der Waals surface area (Å²) in [5.74, 6) is 0.514. The van der Waals surface area contributed by atoms with E-state index in [2.05, 4.69) is 6.92 Å². The lowest BCUT2D eigenvalue weighted by atomic mass is 9.83. The van der Waals surface area contributed by atoms with Crippen molar-refractivity contribution >= 4 is 0 Å². The van der Waals surface area contributed by atoms with Crippen LogP contribution in [-0.4, -0.2) is 5.11 Å². The molecule has 0 radical (unpaired) electrons. The summed E-state index contributed by atoms with van der Waals surface area (Å²) in [6, 6.07) is 4.74. The minimum absolute atomic E-state index is 0.222. The zero-order chi connectivity index (χ0) is 13.2. The van der Waals surface area contributed by atoms with Crippen molar-refractivity contribution in [2.75, 3.05) is 0 Å². The molecule has 1 N–H and O–H groups in total. The second-order valence-electron chi connectivity index (χ2n) is 5.70. The van der Waals surface area contributed by atoms with Gasteiger partial charge in [-0.25, -0.2) is 4.39 Å². The minimum Gasteiger partial charge on any atom is -0.385 e.